The Morgan fingerprint density at radius 2 is 1.89 bits per heavy atom. The number of ether oxygens (including phenoxy) is 1. The largest absolute Gasteiger partial charge is 0.573 e. The van der Waals surface area contributed by atoms with Gasteiger partial charge in [0.25, 0.3) is 0 Å². The van der Waals surface area contributed by atoms with Crippen molar-refractivity contribution in [1.82, 2.24) is 0 Å². The first kappa shape index (κ1) is 13.2. The van der Waals surface area contributed by atoms with Crippen LogP contribution in [0.25, 0.3) is 0 Å². The SMILES string of the molecule is CC1C(O)CCC1c1ccccc1OC(F)(F)F. The zero-order chi connectivity index (χ0) is 13.3. The van der Waals surface area contributed by atoms with Crippen molar-refractivity contribution in [3.63, 3.8) is 0 Å². The van der Waals surface area contributed by atoms with Gasteiger partial charge < -0.3 is 9.84 Å². The fourth-order valence-corrected chi connectivity index (χ4v) is 2.59. The van der Waals surface area contributed by atoms with Crippen molar-refractivity contribution in [1.29, 1.82) is 0 Å². The van der Waals surface area contributed by atoms with E-state index in [1.54, 1.807) is 12.1 Å². The second kappa shape index (κ2) is 4.80. The van der Waals surface area contributed by atoms with E-state index in [4.69, 9.17) is 0 Å². The third kappa shape index (κ3) is 2.77. The Morgan fingerprint density at radius 1 is 1.22 bits per heavy atom. The van der Waals surface area contributed by atoms with Gasteiger partial charge in [0.2, 0.25) is 0 Å². The van der Waals surface area contributed by atoms with Crippen LogP contribution in [0.2, 0.25) is 0 Å². The van der Waals surface area contributed by atoms with E-state index in [9.17, 15) is 18.3 Å². The van der Waals surface area contributed by atoms with E-state index in [0.29, 0.717) is 18.4 Å². The van der Waals surface area contributed by atoms with Crippen LogP contribution in [0.15, 0.2) is 24.3 Å². The Kier molecular flexibility index (Phi) is 3.52. The van der Waals surface area contributed by atoms with Gasteiger partial charge >= 0.3 is 6.36 Å². The first-order valence-corrected chi connectivity index (χ1v) is 5.91. The molecular weight excluding hydrogens is 245 g/mol. The second-order valence-corrected chi connectivity index (χ2v) is 4.70. The van der Waals surface area contributed by atoms with Crippen LogP contribution < -0.4 is 4.74 Å². The van der Waals surface area contributed by atoms with Crippen molar-refractivity contribution in [3.8, 4) is 5.75 Å². The van der Waals surface area contributed by atoms with E-state index >= 15 is 0 Å². The van der Waals surface area contributed by atoms with Crippen LogP contribution in [-0.2, 0) is 0 Å². The van der Waals surface area contributed by atoms with Crippen LogP contribution in [0.3, 0.4) is 0 Å². The summed E-state index contributed by atoms with van der Waals surface area (Å²) in [4.78, 5) is 0. The molecule has 18 heavy (non-hydrogen) atoms. The molecule has 0 aliphatic heterocycles. The lowest BCUT2D eigenvalue weighted by Gasteiger charge is -2.21. The molecule has 0 aromatic heterocycles. The number of hydrogen-bond acceptors (Lipinski definition) is 2. The molecule has 1 aliphatic rings. The maximum Gasteiger partial charge on any atom is 0.573 e. The molecule has 0 amide bonds. The monoisotopic (exact) mass is 260 g/mol. The van der Waals surface area contributed by atoms with Crippen LogP contribution in [0.1, 0.15) is 31.2 Å². The molecule has 1 aromatic carbocycles. The number of hydrogen-bond donors (Lipinski definition) is 1. The minimum Gasteiger partial charge on any atom is -0.405 e. The summed E-state index contributed by atoms with van der Waals surface area (Å²) in [5, 5.41) is 9.69. The van der Waals surface area contributed by atoms with Crippen molar-refractivity contribution in [3.05, 3.63) is 29.8 Å². The highest BCUT2D eigenvalue weighted by Gasteiger charge is 2.37. The summed E-state index contributed by atoms with van der Waals surface area (Å²) in [5.74, 6) is -0.294. The van der Waals surface area contributed by atoms with Crippen LogP contribution in [-0.4, -0.2) is 17.6 Å². The summed E-state index contributed by atoms with van der Waals surface area (Å²) in [5.41, 5.74) is 0.527. The fourth-order valence-electron chi connectivity index (χ4n) is 2.59. The fraction of sp³-hybridized carbons (Fsp3) is 0.538. The molecule has 0 spiro atoms. The van der Waals surface area contributed by atoms with E-state index in [0.717, 1.165) is 0 Å². The highest BCUT2D eigenvalue weighted by molar-refractivity contribution is 5.37. The van der Waals surface area contributed by atoms with E-state index in [2.05, 4.69) is 4.74 Å². The van der Waals surface area contributed by atoms with Gasteiger partial charge in [0.05, 0.1) is 6.10 Å². The molecule has 5 heteroatoms. The first-order valence-electron chi connectivity index (χ1n) is 5.91. The van der Waals surface area contributed by atoms with Gasteiger partial charge in [-0.25, -0.2) is 0 Å². The Balaban J connectivity index is 2.28. The quantitative estimate of drug-likeness (QED) is 0.882. The molecule has 3 unspecified atom stereocenters. The number of rotatable bonds is 2. The number of aliphatic hydroxyl groups excluding tert-OH is 1. The molecule has 1 aromatic rings. The van der Waals surface area contributed by atoms with E-state index in [1.165, 1.54) is 12.1 Å². The lowest BCUT2D eigenvalue weighted by atomic mass is 9.89. The molecule has 0 radical (unpaired) electrons. The van der Waals surface area contributed by atoms with Gasteiger partial charge in [-0.1, -0.05) is 25.1 Å². The molecule has 0 bridgehead atoms. The summed E-state index contributed by atoms with van der Waals surface area (Å²) in [6.07, 6.45) is -3.84. The van der Waals surface area contributed by atoms with Crippen molar-refractivity contribution in [2.24, 2.45) is 5.92 Å². The van der Waals surface area contributed by atoms with E-state index < -0.39 is 12.5 Å². The Labute approximate surface area is 103 Å². The molecule has 2 rings (SSSR count). The van der Waals surface area contributed by atoms with Crippen LogP contribution >= 0.6 is 0 Å². The second-order valence-electron chi connectivity index (χ2n) is 4.70. The summed E-state index contributed by atoms with van der Waals surface area (Å²) in [6, 6.07) is 6.16. The lowest BCUT2D eigenvalue weighted by molar-refractivity contribution is -0.275. The molecule has 1 aliphatic carbocycles. The van der Waals surface area contributed by atoms with Crippen LogP contribution in [0, 0.1) is 5.92 Å². The number of alkyl halides is 3. The van der Waals surface area contributed by atoms with Crippen molar-refractivity contribution in [2.75, 3.05) is 0 Å². The average molecular weight is 260 g/mol. The summed E-state index contributed by atoms with van der Waals surface area (Å²) in [7, 11) is 0. The summed E-state index contributed by atoms with van der Waals surface area (Å²) < 4.78 is 41.0. The van der Waals surface area contributed by atoms with Gasteiger partial charge in [-0.2, -0.15) is 0 Å². The highest BCUT2D eigenvalue weighted by atomic mass is 19.4. The summed E-state index contributed by atoms with van der Waals surface area (Å²) >= 11 is 0. The zero-order valence-electron chi connectivity index (χ0n) is 9.95. The first-order chi connectivity index (χ1) is 8.38. The zero-order valence-corrected chi connectivity index (χ0v) is 9.95. The maximum absolute atomic E-state index is 12.3. The number of halogens is 3. The molecule has 1 saturated carbocycles. The van der Waals surface area contributed by atoms with Crippen molar-refractivity contribution in [2.45, 2.75) is 38.1 Å². The third-order valence-corrected chi connectivity index (χ3v) is 3.56. The topological polar surface area (TPSA) is 29.5 Å². The van der Waals surface area contributed by atoms with Gasteiger partial charge in [-0.15, -0.1) is 13.2 Å². The number of para-hydroxylation sites is 1. The molecule has 100 valence electrons. The molecule has 1 N–H and O–H groups in total. The van der Waals surface area contributed by atoms with Crippen molar-refractivity contribution >= 4 is 0 Å². The minimum absolute atomic E-state index is 0.0528. The smallest absolute Gasteiger partial charge is 0.405 e. The van der Waals surface area contributed by atoms with Crippen LogP contribution in [0.4, 0.5) is 13.2 Å². The summed E-state index contributed by atoms with van der Waals surface area (Å²) in [6.45, 7) is 1.85. The molecule has 3 atom stereocenters. The van der Waals surface area contributed by atoms with Gasteiger partial charge in [0.1, 0.15) is 5.75 Å². The molecule has 2 nitrogen and oxygen atoms in total. The number of benzene rings is 1. The third-order valence-electron chi connectivity index (χ3n) is 3.56. The highest BCUT2D eigenvalue weighted by Crippen LogP contribution is 2.43. The minimum atomic E-state index is -4.68. The van der Waals surface area contributed by atoms with E-state index in [-0.39, 0.29) is 17.6 Å². The van der Waals surface area contributed by atoms with Gasteiger partial charge in [0, 0.05) is 0 Å². The Hall–Kier alpha value is -1.23. The van der Waals surface area contributed by atoms with Gasteiger partial charge in [0.15, 0.2) is 0 Å². The number of aliphatic hydroxyl groups is 1. The lowest BCUT2D eigenvalue weighted by Crippen LogP contribution is -2.20. The Bertz CT molecular complexity index is 417. The molecular formula is C13H15F3O2. The van der Waals surface area contributed by atoms with Crippen LogP contribution in [0.5, 0.6) is 5.75 Å². The van der Waals surface area contributed by atoms with Gasteiger partial charge in [-0.3, -0.25) is 0 Å². The predicted molar refractivity (Wildman–Crippen MR) is 60.3 cm³/mol. The van der Waals surface area contributed by atoms with Crippen molar-refractivity contribution < 1.29 is 23.0 Å². The average Bonchev–Trinajstić information content (AvgIpc) is 2.59. The Morgan fingerprint density at radius 3 is 2.44 bits per heavy atom. The predicted octanol–water partition coefficient (Wildman–Crippen LogP) is 3.46. The normalized spacial score (nSPS) is 28.4. The van der Waals surface area contributed by atoms with Gasteiger partial charge in [-0.05, 0) is 36.3 Å². The molecule has 0 saturated heterocycles. The maximum atomic E-state index is 12.3. The standard InChI is InChI=1S/C13H15F3O2/c1-8-9(6-7-11(8)17)10-4-2-3-5-12(10)18-13(14,15)16/h2-5,8-9,11,17H,6-7H2,1H3. The van der Waals surface area contributed by atoms with E-state index in [1.807, 2.05) is 6.92 Å². The molecule has 1 fully saturated rings. The molecule has 0 heterocycles.